The Labute approximate surface area is 87.8 Å². The molecule has 1 rings (SSSR count). The number of nitrogens with two attached hydrogens (primary N) is 1. The zero-order valence-corrected chi connectivity index (χ0v) is 8.87. The van der Waals surface area contributed by atoms with Gasteiger partial charge in [-0.3, -0.25) is 4.79 Å². The summed E-state index contributed by atoms with van der Waals surface area (Å²) in [5.74, 6) is 0. The zero-order chi connectivity index (χ0) is 9.30. The van der Waals surface area contributed by atoms with E-state index in [0.717, 1.165) is 0 Å². The first-order valence-corrected chi connectivity index (χ1v) is 4.51. The Bertz CT molecular complexity index is 340. The Kier molecular flexibility index (Phi) is 2.99. The van der Waals surface area contributed by atoms with Gasteiger partial charge in [-0.1, -0.05) is 27.5 Å². The van der Waals surface area contributed by atoms with Gasteiger partial charge in [-0.25, -0.2) is 0 Å². The molecule has 5 heteroatoms. The second kappa shape index (κ2) is 3.64. The lowest BCUT2D eigenvalue weighted by atomic mass is 10.2. The first kappa shape index (κ1) is 9.84. The molecular formula is C7H4BrCl2NO. The summed E-state index contributed by atoms with van der Waals surface area (Å²) in [6.07, 6.45) is 0. The van der Waals surface area contributed by atoms with E-state index < -0.39 is 5.24 Å². The molecule has 0 radical (unpaired) electrons. The Balaban J connectivity index is 3.37. The number of hydrogen-bond donors (Lipinski definition) is 1. The lowest BCUT2D eigenvalue weighted by Crippen LogP contribution is -1.98. The molecule has 12 heavy (non-hydrogen) atoms. The van der Waals surface area contributed by atoms with Crippen molar-refractivity contribution in [3.63, 3.8) is 0 Å². The number of nitrogen functional groups attached to an aromatic ring is 1. The molecule has 0 bridgehead atoms. The van der Waals surface area contributed by atoms with Crippen molar-refractivity contribution >= 4 is 50.1 Å². The number of anilines is 1. The highest BCUT2D eigenvalue weighted by atomic mass is 79.9. The Morgan fingerprint density at radius 2 is 2.08 bits per heavy atom. The van der Waals surface area contributed by atoms with E-state index in [1.54, 1.807) is 6.07 Å². The van der Waals surface area contributed by atoms with Crippen LogP contribution in [0.3, 0.4) is 0 Å². The minimum Gasteiger partial charge on any atom is -0.397 e. The van der Waals surface area contributed by atoms with E-state index in [0.29, 0.717) is 9.50 Å². The van der Waals surface area contributed by atoms with Gasteiger partial charge in [-0.2, -0.15) is 0 Å². The number of benzene rings is 1. The third-order valence-corrected chi connectivity index (χ3v) is 2.28. The summed E-state index contributed by atoms with van der Waals surface area (Å²) in [5, 5.41) is -0.302. The number of halogens is 3. The third kappa shape index (κ3) is 1.91. The van der Waals surface area contributed by atoms with Crippen LogP contribution in [0.5, 0.6) is 0 Å². The van der Waals surface area contributed by atoms with Crippen molar-refractivity contribution in [3.05, 3.63) is 27.2 Å². The Morgan fingerprint density at radius 3 is 2.58 bits per heavy atom. The van der Waals surface area contributed by atoms with E-state index in [-0.39, 0.29) is 11.3 Å². The van der Waals surface area contributed by atoms with Crippen LogP contribution in [0, 0.1) is 0 Å². The van der Waals surface area contributed by atoms with Gasteiger partial charge in [-0.05, 0) is 23.7 Å². The zero-order valence-electron chi connectivity index (χ0n) is 5.77. The van der Waals surface area contributed by atoms with Crippen molar-refractivity contribution in [1.29, 1.82) is 0 Å². The van der Waals surface area contributed by atoms with Crippen molar-refractivity contribution in [2.45, 2.75) is 0 Å². The summed E-state index contributed by atoms with van der Waals surface area (Å²) < 4.78 is 0.672. The predicted molar refractivity (Wildman–Crippen MR) is 53.7 cm³/mol. The minimum absolute atomic E-state index is 0.208. The summed E-state index contributed by atoms with van der Waals surface area (Å²) in [5.41, 5.74) is 5.92. The van der Waals surface area contributed by atoms with Crippen LogP contribution >= 0.6 is 39.1 Å². The second-order valence-corrected chi connectivity index (χ2v) is 3.79. The summed E-state index contributed by atoms with van der Waals surface area (Å²) in [7, 11) is 0. The number of hydrogen-bond acceptors (Lipinski definition) is 2. The van der Waals surface area contributed by atoms with E-state index >= 15 is 0 Å². The monoisotopic (exact) mass is 267 g/mol. The van der Waals surface area contributed by atoms with Gasteiger partial charge in [0.25, 0.3) is 5.24 Å². The molecule has 0 aliphatic carbocycles. The molecular weight excluding hydrogens is 265 g/mol. The van der Waals surface area contributed by atoms with Gasteiger partial charge in [-0.15, -0.1) is 0 Å². The highest BCUT2D eigenvalue weighted by Gasteiger charge is 2.10. The van der Waals surface area contributed by atoms with E-state index in [1.165, 1.54) is 6.07 Å². The average molecular weight is 269 g/mol. The van der Waals surface area contributed by atoms with Crippen LogP contribution < -0.4 is 5.73 Å². The number of carbonyl (C=O) groups excluding carboxylic acids is 1. The molecule has 0 saturated carbocycles. The SMILES string of the molecule is Nc1c(Cl)cc(Br)cc1C(=O)Cl. The summed E-state index contributed by atoms with van der Waals surface area (Å²) in [4.78, 5) is 10.8. The highest BCUT2D eigenvalue weighted by molar-refractivity contribution is 9.10. The molecule has 0 amide bonds. The predicted octanol–water partition coefficient (Wildman–Crippen LogP) is 3.06. The molecule has 0 fully saturated rings. The van der Waals surface area contributed by atoms with Gasteiger partial charge < -0.3 is 5.73 Å². The fourth-order valence-corrected chi connectivity index (χ4v) is 1.71. The largest absolute Gasteiger partial charge is 0.397 e. The average Bonchev–Trinajstić information content (AvgIpc) is 1.96. The van der Waals surface area contributed by atoms with Crippen molar-refractivity contribution < 1.29 is 4.79 Å². The quantitative estimate of drug-likeness (QED) is 0.628. The molecule has 0 aliphatic rings. The molecule has 0 spiro atoms. The van der Waals surface area contributed by atoms with Crippen LogP contribution in [0.2, 0.25) is 5.02 Å². The maximum atomic E-state index is 10.8. The van der Waals surface area contributed by atoms with Gasteiger partial charge in [0.2, 0.25) is 0 Å². The standard InChI is InChI=1S/C7H4BrCl2NO/c8-3-1-4(7(10)12)6(11)5(9)2-3/h1-2H,11H2. The Hall–Kier alpha value is -0.250. The van der Waals surface area contributed by atoms with Crippen LogP contribution in [-0.4, -0.2) is 5.24 Å². The lowest BCUT2D eigenvalue weighted by molar-refractivity contribution is 0.108. The fourth-order valence-electron chi connectivity index (χ4n) is 0.747. The molecule has 0 atom stereocenters. The molecule has 0 aromatic heterocycles. The molecule has 0 heterocycles. The summed E-state index contributed by atoms with van der Waals surface area (Å²) in [6.45, 7) is 0. The minimum atomic E-state index is -0.615. The van der Waals surface area contributed by atoms with Crippen LogP contribution in [0.4, 0.5) is 5.69 Å². The molecule has 1 aromatic carbocycles. The van der Waals surface area contributed by atoms with E-state index in [1.807, 2.05) is 0 Å². The van der Waals surface area contributed by atoms with Crippen molar-refractivity contribution in [1.82, 2.24) is 0 Å². The van der Waals surface area contributed by atoms with E-state index in [4.69, 9.17) is 28.9 Å². The first-order chi connectivity index (χ1) is 5.52. The van der Waals surface area contributed by atoms with Crippen LogP contribution in [-0.2, 0) is 0 Å². The molecule has 2 nitrogen and oxygen atoms in total. The molecule has 1 aromatic rings. The second-order valence-electron chi connectivity index (χ2n) is 2.12. The number of rotatable bonds is 1. The Morgan fingerprint density at radius 1 is 1.50 bits per heavy atom. The maximum Gasteiger partial charge on any atom is 0.254 e. The smallest absolute Gasteiger partial charge is 0.254 e. The van der Waals surface area contributed by atoms with Gasteiger partial charge in [0.15, 0.2) is 0 Å². The van der Waals surface area contributed by atoms with Crippen molar-refractivity contribution in [3.8, 4) is 0 Å². The topological polar surface area (TPSA) is 43.1 Å². The summed E-state index contributed by atoms with van der Waals surface area (Å²) >= 11 is 14.1. The fraction of sp³-hybridized carbons (Fsp3) is 0. The van der Waals surface area contributed by atoms with E-state index in [2.05, 4.69) is 15.9 Å². The molecule has 2 N–H and O–H groups in total. The first-order valence-electron chi connectivity index (χ1n) is 2.96. The third-order valence-electron chi connectivity index (χ3n) is 1.31. The van der Waals surface area contributed by atoms with Gasteiger partial charge in [0, 0.05) is 4.47 Å². The van der Waals surface area contributed by atoms with Crippen molar-refractivity contribution in [2.24, 2.45) is 0 Å². The highest BCUT2D eigenvalue weighted by Crippen LogP contribution is 2.28. The molecule has 0 aliphatic heterocycles. The van der Waals surface area contributed by atoms with Crippen LogP contribution in [0.25, 0.3) is 0 Å². The van der Waals surface area contributed by atoms with E-state index in [9.17, 15) is 4.79 Å². The maximum absolute atomic E-state index is 10.8. The van der Waals surface area contributed by atoms with Crippen molar-refractivity contribution in [2.75, 3.05) is 5.73 Å². The molecule has 64 valence electrons. The number of carbonyl (C=O) groups is 1. The van der Waals surface area contributed by atoms with Gasteiger partial charge in [0.05, 0.1) is 16.3 Å². The van der Waals surface area contributed by atoms with Crippen LogP contribution in [0.1, 0.15) is 10.4 Å². The molecule has 0 saturated heterocycles. The normalized spacial score (nSPS) is 9.92. The molecule has 0 unspecified atom stereocenters. The lowest BCUT2D eigenvalue weighted by Gasteiger charge is -2.03. The van der Waals surface area contributed by atoms with Crippen LogP contribution in [0.15, 0.2) is 16.6 Å². The summed E-state index contributed by atoms with van der Waals surface area (Å²) in [6, 6.07) is 3.12. The van der Waals surface area contributed by atoms with Gasteiger partial charge >= 0.3 is 0 Å². The van der Waals surface area contributed by atoms with Gasteiger partial charge in [0.1, 0.15) is 0 Å².